The van der Waals surface area contributed by atoms with E-state index in [1.165, 1.54) is 18.4 Å². The van der Waals surface area contributed by atoms with Gasteiger partial charge in [-0.2, -0.15) is 5.26 Å². The first-order chi connectivity index (χ1) is 11.9. The predicted molar refractivity (Wildman–Crippen MR) is 96.2 cm³/mol. The summed E-state index contributed by atoms with van der Waals surface area (Å²) < 4.78 is 10.4. The minimum Gasteiger partial charge on any atom is -0.465 e. The first-order valence-electron chi connectivity index (χ1n) is 7.13. The van der Waals surface area contributed by atoms with Gasteiger partial charge in [0.25, 0.3) is 0 Å². The number of carbonyl (C=O) groups is 1. The van der Waals surface area contributed by atoms with E-state index >= 15 is 0 Å². The minimum atomic E-state index is -0.614. The normalized spacial score (nSPS) is 16.0. The summed E-state index contributed by atoms with van der Waals surface area (Å²) in [5, 5.41) is 10.4. The summed E-state index contributed by atoms with van der Waals surface area (Å²) in [6, 6.07) is 7.16. The Morgan fingerprint density at radius 2 is 2.04 bits per heavy atom. The van der Waals surface area contributed by atoms with Crippen molar-refractivity contribution >= 4 is 40.5 Å². The minimum absolute atomic E-state index is 0.0843. The molecule has 0 saturated heterocycles. The van der Waals surface area contributed by atoms with Crippen LogP contribution in [-0.2, 0) is 4.74 Å². The number of hydrogen-bond donors (Lipinski definition) is 1. The number of esters is 1. The van der Waals surface area contributed by atoms with Gasteiger partial charge in [0.05, 0.1) is 17.9 Å². The molecule has 1 aromatic carbocycles. The quantitative estimate of drug-likeness (QED) is 0.764. The van der Waals surface area contributed by atoms with E-state index in [9.17, 15) is 10.1 Å². The smallest absolute Gasteiger partial charge is 0.342 e. The predicted octanol–water partition coefficient (Wildman–Crippen LogP) is 4.37. The van der Waals surface area contributed by atoms with Gasteiger partial charge in [-0.25, -0.2) is 4.79 Å². The Bertz CT molecular complexity index is 939. The second-order valence-corrected chi connectivity index (χ2v) is 7.35. The van der Waals surface area contributed by atoms with Gasteiger partial charge in [-0.05, 0) is 19.1 Å². The van der Waals surface area contributed by atoms with Crippen LogP contribution in [0.4, 0.5) is 0 Å². The number of rotatable bonds is 2. The number of fused-ring (bicyclic) bond motifs is 1. The van der Waals surface area contributed by atoms with Gasteiger partial charge >= 0.3 is 5.97 Å². The fraction of sp³-hybridized carbons (Fsp3) is 0.176. The fourth-order valence-corrected chi connectivity index (χ4v) is 4.61. The Morgan fingerprint density at radius 1 is 1.40 bits per heavy atom. The molecule has 8 heteroatoms. The van der Waals surface area contributed by atoms with Crippen molar-refractivity contribution in [3.8, 4) is 11.8 Å². The highest BCUT2D eigenvalue weighted by molar-refractivity contribution is 7.12. The zero-order valence-electron chi connectivity index (χ0n) is 13.2. The van der Waals surface area contributed by atoms with Gasteiger partial charge in [-0.15, -0.1) is 11.3 Å². The number of benzene rings is 1. The monoisotopic (exact) mass is 394 g/mol. The molecule has 1 atom stereocenters. The molecule has 0 amide bonds. The lowest BCUT2D eigenvalue weighted by molar-refractivity contribution is 0.0597. The molecular weight excluding hydrogens is 383 g/mol. The van der Waals surface area contributed by atoms with Crippen LogP contribution in [0.5, 0.6) is 5.75 Å². The summed E-state index contributed by atoms with van der Waals surface area (Å²) >= 11 is 14.0. The van der Waals surface area contributed by atoms with Crippen molar-refractivity contribution in [2.75, 3.05) is 7.11 Å². The summed E-state index contributed by atoms with van der Waals surface area (Å²) in [6.07, 6.45) is 0. The molecular formula is C17H12Cl2N2O3S. The van der Waals surface area contributed by atoms with Crippen LogP contribution in [0.3, 0.4) is 0 Å². The molecule has 2 heterocycles. The Hall–Kier alpha value is -2.20. The molecule has 2 aromatic rings. The third kappa shape index (κ3) is 2.74. The fourth-order valence-electron chi connectivity index (χ4n) is 2.80. The first kappa shape index (κ1) is 17.6. The second-order valence-electron chi connectivity index (χ2n) is 5.28. The standard InChI is InChI=1S/C17H12Cl2N2O3S/c1-7-11(17(22)23-2)14-15(25-7)12(8(6-20)16(21)24-14)13-9(18)4-3-5-10(13)19/h3-5,12H,21H2,1-2H3. The second kappa shape index (κ2) is 6.60. The van der Waals surface area contributed by atoms with Crippen LogP contribution >= 0.6 is 34.5 Å². The Labute approximate surface area is 158 Å². The van der Waals surface area contributed by atoms with Crippen molar-refractivity contribution in [1.82, 2.24) is 0 Å². The number of nitrogens with two attached hydrogens (primary N) is 1. The van der Waals surface area contributed by atoms with Crippen LogP contribution in [0.2, 0.25) is 10.0 Å². The molecule has 1 aromatic heterocycles. The van der Waals surface area contributed by atoms with Gasteiger partial charge in [0.2, 0.25) is 5.88 Å². The molecule has 0 fully saturated rings. The number of ether oxygens (including phenoxy) is 2. The van der Waals surface area contributed by atoms with Crippen LogP contribution in [0.1, 0.15) is 31.6 Å². The van der Waals surface area contributed by atoms with Gasteiger partial charge in [-0.3, -0.25) is 0 Å². The number of methoxy groups -OCH3 is 1. The van der Waals surface area contributed by atoms with E-state index in [0.717, 1.165) is 0 Å². The summed E-state index contributed by atoms with van der Waals surface area (Å²) in [5.74, 6) is -0.949. The van der Waals surface area contributed by atoms with Crippen LogP contribution in [-0.4, -0.2) is 13.1 Å². The number of aryl methyl sites for hydroxylation is 1. The van der Waals surface area contributed by atoms with E-state index in [-0.39, 0.29) is 22.8 Å². The lowest BCUT2D eigenvalue weighted by Crippen LogP contribution is -2.21. The van der Waals surface area contributed by atoms with Crippen molar-refractivity contribution in [2.45, 2.75) is 12.8 Å². The molecule has 25 heavy (non-hydrogen) atoms. The Morgan fingerprint density at radius 3 is 2.60 bits per heavy atom. The number of carbonyl (C=O) groups excluding carboxylic acids is 1. The molecule has 128 valence electrons. The van der Waals surface area contributed by atoms with E-state index < -0.39 is 11.9 Å². The number of nitriles is 1. The first-order valence-corrected chi connectivity index (χ1v) is 8.71. The lowest BCUT2D eigenvalue weighted by atomic mass is 9.88. The maximum atomic E-state index is 12.1. The van der Waals surface area contributed by atoms with Crippen molar-refractivity contribution in [3.05, 3.63) is 60.6 Å². The van der Waals surface area contributed by atoms with Gasteiger partial charge in [0.15, 0.2) is 5.75 Å². The highest BCUT2D eigenvalue weighted by Crippen LogP contribution is 2.51. The molecule has 5 nitrogen and oxygen atoms in total. The number of halogens is 2. The van der Waals surface area contributed by atoms with E-state index in [4.69, 9.17) is 38.4 Å². The van der Waals surface area contributed by atoms with Gasteiger partial charge in [-0.1, -0.05) is 29.3 Å². The van der Waals surface area contributed by atoms with E-state index in [1.807, 2.05) is 0 Å². The summed E-state index contributed by atoms with van der Waals surface area (Å²) in [5.41, 5.74) is 6.98. The van der Waals surface area contributed by atoms with Gasteiger partial charge in [0, 0.05) is 20.5 Å². The van der Waals surface area contributed by atoms with Gasteiger partial charge in [0.1, 0.15) is 17.2 Å². The maximum Gasteiger partial charge on any atom is 0.342 e. The molecule has 1 aliphatic rings. The average molecular weight is 395 g/mol. The number of nitrogens with zero attached hydrogens (tertiary/aromatic N) is 1. The Kier molecular flexibility index (Phi) is 4.65. The van der Waals surface area contributed by atoms with Crippen molar-refractivity contribution in [2.24, 2.45) is 5.73 Å². The summed E-state index contributed by atoms with van der Waals surface area (Å²) in [6.45, 7) is 1.77. The SMILES string of the molecule is COC(=O)c1c(C)sc2c1OC(N)=C(C#N)C2c1c(Cl)cccc1Cl. The van der Waals surface area contributed by atoms with E-state index in [0.29, 0.717) is 25.4 Å². The molecule has 1 aliphatic heterocycles. The van der Waals surface area contributed by atoms with E-state index in [1.54, 1.807) is 25.1 Å². The van der Waals surface area contributed by atoms with Crippen molar-refractivity contribution in [1.29, 1.82) is 5.26 Å². The average Bonchev–Trinajstić information content (AvgIpc) is 2.89. The molecule has 0 aliphatic carbocycles. The summed E-state index contributed by atoms with van der Waals surface area (Å²) in [4.78, 5) is 13.5. The third-order valence-electron chi connectivity index (χ3n) is 3.89. The van der Waals surface area contributed by atoms with Crippen LogP contribution in [0.25, 0.3) is 0 Å². The third-order valence-corrected chi connectivity index (χ3v) is 5.70. The van der Waals surface area contributed by atoms with Gasteiger partial charge < -0.3 is 15.2 Å². The Balaban J connectivity index is 2.33. The number of allylic oxidation sites excluding steroid dienone is 1. The molecule has 0 radical (unpaired) electrons. The van der Waals surface area contributed by atoms with E-state index in [2.05, 4.69) is 6.07 Å². The van der Waals surface area contributed by atoms with Crippen LogP contribution in [0.15, 0.2) is 29.7 Å². The van der Waals surface area contributed by atoms with Crippen LogP contribution < -0.4 is 10.5 Å². The summed E-state index contributed by atoms with van der Waals surface area (Å²) in [7, 11) is 1.29. The van der Waals surface area contributed by atoms with Crippen molar-refractivity contribution in [3.63, 3.8) is 0 Å². The molecule has 1 unspecified atom stereocenters. The van der Waals surface area contributed by atoms with Crippen LogP contribution in [0, 0.1) is 18.3 Å². The number of hydrogen-bond acceptors (Lipinski definition) is 6. The topological polar surface area (TPSA) is 85.3 Å². The lowest BCUT2D eigenvalue weighted by Gasteiger charge is -2.25. The maximum absolute atomic E-state index is 12.1. The highest BCUT2D eigenvalue weighted by atomic mass is 35.5. The van der Waals surface area contributed by atoms with Crippen molar-refractivity contribution < 1.29 is 14.3 Å². The molecule has 0 spiro atoms. The molecule has 0 bridgehead atoms. The molecule has 0 saturated carbocycles. The largest absolute Gasteiger partial charge is 0.465 e. The zero-order valence-corrected chi connectivity index (χ0v) is 15.6. The zero-order chi connectivity index (χ0) is 18.3. The highest BCUT2D eigenvalue weighted by Gasteiger charge is 2.38. The molecule has 2 N–H and O–H groups in total. The number of thiophene rings is 1. The molecule has 3 rings (SSSR count).